The van der Waals surface area contributed by atoms with E-state index < -0.39 is 0 Å². The van der Waals surface area contributed by atoms with Gasteiger partial charge >= 0.3 is 0 Å². The minimum atomic E-state index is 0.724. The Labute approximate surface area is 102 Å². The fourth-order valence-corrected chi connectivity index (χ4v) is 1.69. The molecule has 0 aromatic heterocycles. The number of halogens is 1. The lowest BCUT2D eigenvalue weighted by atomic mass is 10.0. The molecule has 0 radical (unpaired) electrons. The molecule has 0 amide bonds. The van der Waals surface area contributed by atoms with Gasteiger partial charge in [0.1, 0.15) is 0 Å². The number of hydrogen-bond acceptors (Lipinski definition) is 2. The highest BCUT2D eigenvalue weighted by molar-refractivity contribution is 6.32. The number of aryl methyl sites for hydroxylation is 2. The van der Waals surface area contributed by atoms with Crippen LogP contribution in [0.3, 0.4) is 0 Å². The van der Waals surface area contributed by atoms with Crippen LogP contribution in [0.5, 0.6) is 0 Å². The van der Waals surface area contributed by atoms with Gasteiger partial charge in [0, 0.05) is 16.9 Å². The van der Waals surface area contributed by atoms with Gasteiger partial charge in [0.05, 0.1) is 0 Å². The summed E-state index contributed by atoms with van der Waals surface area (Å²) in [6, 6.07) is 4.01. The second kappa shape index (κ2) is 5.08. The van der Waals surface area contributed by atoms with Crippen molar-refractivity contribution in [3.05, 3.63) is 51.8 Å². The molecule has 3 heteroatoms. The Morgan fingerprint density at radius 3 is 2.12 bits per heavy atom. The Morgan fingerprint density at radius 2 is 1.75 bits per heavy atom. The van der Waals surface area contributed by atoms with E-state index in [1.807, 2.05) is 39.0 Å². The Morgan fingerprint density at radius 1 is 1.25 bits per heavy atom. The SMILES string of the molecule is C/C(N)=C/C(=C\N)c1cc(C)c(Cl)c(C)c1. The molecule has 0 aliphatic rings. The minimum absolute atomic E-state index is 0.724. The maximum Gasteiger partial charge on any atom is 0.0464 e. The van der Waals surface area contributed by atoms with Crippen LogP contribution in [0, 0.1) is 13.8 Å². The predicted octanol–water partition coefficient (Wildman–Crippen LogP) is 3.12. The van der Waals surface area contributed by atoms with Crippen LogP contribution in [0.4, 0.5) is 0 Å². The lowest BCUT2D eigenvalue weighted by Gasteiger charge is -2.08. The van der Waals surface area contributed by atoms with Crippen molar-refractivity contribution in [2.45, 2.75) is 20.8 Å². The normalized spacial score (nSPS) is 13.0. The van der Waals surface area contributed by atoms with Crippen molar-refractivity contribution in [3.63, 3.8) is 0 Å². The summed E-state index contributed by atoms with van der Waals surface area (Å²) < 4.78 is 0. The van der Waals surface area contributed by atoms with E-state index in [0.29, 0.717) is 0 Å². The first-order valence-electron chi connectivity index (χ1n) is 5.08. The molecule has 0 aliphatic carbocycles. The van der Waals surface area contributed by atoms with Gasteiger partial charge in [0.2, 0.25) is 0 Å². The first-order valence-corrected chi connectivity index (χ1v) is 5.46. The molecule has 0 bridgehead atoms. The standard InChI is InChI=1S/C13H17ClN2/c1-8-4-11(5-9(2)13(8)14)12(7-15)6-10(3)16/h4-7H,15-16H2,1-3H3/b10-6-,12-7+. The van der Waals surface area contributed by atoms with E-state index in [0.717, 1.165) is 33.0 Å². The molecule has 1 aromatic carbocycles. The second-order valence-corrected chi connectivity index (χ2v) is 4.31. The maximum absolute atomic E-state index is 6.11. The van der Waals surface area contributed by atoms with Crippen molar-refractivity contribution in [2.24, 2.45) is 11.5 Å². The first-order chi connectivity index (χ1) is 7.45. The molecule has 86 valence electrons. The summed E-state index contributed by atoms with van der Waals surface area (Å²) in [6.45, 7) is 5.79. The van der Waals surface area contributed by atoms with E-state index in [1.165, 1.54) is 0 Å². The summed E-state index contributed by atoms with van der Waals surface area (Å²) in [4.78, 5) is 0. The molecule has 1 aromatic rings. The van der Waals surface area contributed by atoms with Gasteiger partial charge in [-0.15, -0.1) is 0 Å². The fourth-order valence-electron chi connectivity index (χ4n) is 1.59. The lowest BCUT2D eigenvalue weighted by molar-refractivity contribution is 1.31. The van der Waals surface area contributed by atoms with Crippen molar-refractivity contribution >= 4 is 17.2 Å². The van der Waals surface area contributed by atoms with Crippen LogP contribution in [-0.4, -0.2) is 0 Å². The average Bonchev–Trinajstić information content (AvgIpc) is 2.21. The number of allylic oxidation sites excluding steroid dienone is 3. The predicted molar refractivity (Wildman–Crippen MR) is 71.0 cm³/mol. The molecule has 0 unspecified atom stereocenters. The highest BCUT2D eigenvalue weighted by atomic mass is 35.5. The van der Waals surface area contributed by atoms with Crippen molar-refractivity contribution in [1.82, 2.24) is 0 Å². The molecule has 0 fully saturated rings. The Bertz CT molecular complexity index is 432. The van der Waals surface area contributed by atoms with Crippen molar-refractivity contribution in [1.29, 1.82) is 0 Å². The molecule has 2 nitrogen and oxygen atoms in total. The maximum atomic E-state index is 6.11. The lowest BCUT2D eigenvalue weighted by Crippen LogP contribution is -1.95. The van der Waals surface area contributed by atoms with Gasteiger partial charge in [0.25, 0.3) is 0 Å². The van der Waals surface area contributed by atoms with Gasteiger partial charge in [-0.2, -0.15) is 0 Å². The van der Waals surface area contributed by atoms with Crippen molar-refractivity contribution < 1.29 is 0 Å². The van der Waals surface area contributed by atoms with E-state index in [-0.39, 0.29) is 0 Å². The van der Waals surface area contributed by atoms with Gasteiger partial charge in [-0.05, 0) is 61.2 Å². The number of nitrogens with two attached hydrogens (primary N) is 2. The molecule has 0 aliphatic heterocycles. The molecule has 0 heterocycles. The largest absolute Gasteiger partial charge is 0.404 e. The zero-order chi connectivity index (χ0) is 12.3. The van der Waals surface area contributed by atoms with E-state index in [1.54, 1.807) is 6.20 Å². The topological polar surface area (TPSA) is 52.0 Å². The molecule has 1 rings (SSSR count). The highest BCUT2D eigenvalue weighted by Gasteiger charge is 2.05. The zero-order valence-corrected chi connectivity index (χ0v) is 10.6. The molecule has 4 N–H and O–H groups in total. The molecular formula is C13H17ClN2. The van der Waals surface area contributed by atoms with Gasteiger partial charge in [0.15, 0.2) is 0 Å². The summed E-state index contributed by atoms with van der Waals surface area (Å²) in [5.41, 5.74) is 16.0. The molecule has 0 saturated heterocycles. The van der Waals surface area contributed by atoms with E-state index >= 15 is 0 Å². The van der Waals surface area contributed by atoms with Crippen molar-refractivity contribution in [2.75, 3.05) is 0 Å². The van der Waals surface area contributed by atoms with E-state index in [2.05, 4.69) is 0 Å². The van der Waals surface area contributed by atoms with E-state index in [4.69, 9.17) is 23.1 Å². The van der Waals surface area contributed by atoms with Gasteiger partial charge < -0.3 is 11.5 Å². The van der Waals surface area contributed by atoms with Gasteiger partial charge in [-0.1, -0.05) is 11.6 Å². The minimum Gasteiger partial charge on any atom is -0.404 e. The number of hydrogen-bond donors (Lipinski definition) is 2. The Hall–Kier alpha value is -1.41. The Balaban J connectivity index is 3.29. The van der Waals surface area contributed by atoms with Crippen LogP contribution < -0.4 is 11.5 Å². The van der Waals surface area contributed by atoms with Gasteiger partial charge in [-0.3, -0.25) is 0 Å². The third-order valence-electron chi connectivity index (χ3n) is 2.33. The van der Waals surface area contributed by atoms with Crippen LogP contribution in [0.15, 0.2) is 30.1 Å². The smallest absolute Gasteiger partial charge is 0.0464 e. The monoisotopic (exact) mass is 236 g/mol. The average molecular weight is 237 g/mol. The molecule has 16 heavy (non-hydrogen) atoms. The van der Waals surface area contributed by atoms with Crippen molar-refractivity contribution in [3.8, 4) is 0 Å². The molecule has 0 saturated carbocycles. The van der Waals surface area contributed by atoms with Crippen LogP contribution >= 0.6 is 11.6 Å². The molecule has 0 atom stereocenters. The second-order valence-electron chi connectivity index (χ2n) is 3.93. The molecule has 0 spiro atoms. The zero-order valence-electron chi connectivity index (χ0n) is 9.84. The molecular weight excluding hydrogens is 220 g/mol. The highest BCUT2D eigenvalue weighted by Crippen LogP contribution is 2.26. The number of rotatable bonds is 2. The third kappa shape index (κ3) is 2.80. The summed E-state index contributed by atoms with van der Waals surface area (Å²) >= 11 is 6.11. The van der Waals surface area contributed by atoms with Crippen LogP contribution in [0.2, 0.25) is 5.02 Å². The first kappa shape index (κ1) is 12.7. The quantitative estimate of drug-likeness (QED) is 0.776. The van der Waals surface area contributed by atoms with Crippen LogP contribution in [-0.2, 0) is 0 Å². The van der Waals surface area contributed by atoms with Gasteiger partial charge in [-0.25, -0.2) is 0 Å². The van der Waals surface area contributed by atoms with Crippen LogP contribution in [0.25, 0.3) is 5.57 Å². The van der Waals surface area contributed by atoms with E-state index in [9.17, 15) is 0 Å². The van der Waals surface area contributed by atoms with Crippen LogP contribution in [0.1, 0.15) is 23.6 Å². The third-order valence-corrected chi connectivity index (χ3v) is 2.93. The number of benzene rings is 1. The summed E-state index contributed by atoms with van der Waals surface area (Å²) in [6.07, 6.45) is 3.40. The summed E-state index contributed by atoms with van der Waals surface area (Å²) in [5, 5.41) is 0.800. The summed E-state index contributed by atoms with van der Waals surface area (Å²) in [7, 11) is 0. The summed E-state index contributed by atoms with van der Waals surface area (Å²) in [5.74, 6) is 0. The fraction of sp³-hybridized carbons (Fsp3) is 0.231. The Kier molecular flexibility index (Phi) is 4.02.